The summed E-state index contributed by atoms with van der Waals surface area (Å²) in [4.78, 5) is 12.2. The number of hydrogen-bond acceptors (Lipinski definition) is 2. The minimum atomic E-state index is -0.707. The summed E-state index contributed by atoms with van der Waals surface area (Å²) in [6.07, 6.45) is 3.58. The van der Waals surface area contributed by atoms with E-state index in [2.05, 4.69) is 0 Å². The normalized spacial score (nSPS) is 18.9. The second kappa shape index (κ2) is 6.00. The third-order valence-electron chi connectivity index (χ3n) is 1.81. The van der Waals surface area contributed by atoms with Crippen LogP contribution in [0.3, 0.4) is 0 Å². The third kappa shape index (κ3) is 4.80. The molecule has 0 bridgehead atoms. The second-order valence-electron chi connectivity index (χ2n) is 2.73. The molecule has 0 spiro atoms. The van der Waals surface area contributed by atoms with Crippen LogP contribution in [-0.2, 0) is 4.79 Å². The maximum absolute atomic E-state index is 10.2. The zero-order valence-corrected chi connectivity index (χ0v) is 9.05. The first-order chi connectivity index (χ1) is 4.79. The molecule has 4 heteroatoms. The Morgan fingerprint density at radius 2 is 1.91 bits per heavy atom. The fourth-order valence-electron chi connectivity index (χ4n) is 1.31. The van der Waals surface area contributed by atoms with Gasteiger partial charge in [0.15, 0.2) is 0 Å². The second-order valence-corrected chi connectivity index (χ2v) is 2.73. The third-order valence-corrected chi connectivity index (χ3v) is 1.81. The van der Waals surface area contributed by atoms with Crippen molar-refractivity contribution >= 4 is 5.97 Å². The van der Waals surface area contributed by atoms with Crippen molar-refractivity contribution in [3.8, 4) is 0 Å². The molecule has 1 aliphatic rings. The molecule has 1 fully saturated rings. The van der Waals surface area contributed by atoms with Crippen molar-refractivity contribution in [1.29, 1.82) is 0 Å². The van der Waals surface area contributed by atoms with E-state index in [1.165, 1.54) is 6.42 Å². The van der Waals surface area contributed by atoms with Crippen LogP contribution in [0.5, 0.6) is 0 Å². The first kappa shape index (κ1) is 11.4. The first-order valence-corrected chi connectivity index (χ1v) is 3.73. The van der Waals surface area contributed by atoms with Gasteiger partial charge in [-0.15, -0.1) is 0 Å². The van der Waals surface area contributed by atoms with Crippen molar-refractivity contribution in [2.75, 3.05) is 19.6 Å². The number of likely N-dealkylation sites (tertiary alicyclic amines) is 1. The number of piperidine rings is 1. The Labute approximate surface area is 90.5 Å². The van der Waals surface area contributed by atoms with Crippen molar-refractivity contribution in [3.63, 3.8) is 0 Å². The summed E-state index contributed by atoms with van der Waals surface area (Å²) < 4.78 is 0. The standard InChI is InChI=1S/C7H13NO2.Na.H/c9-7(10)6-8-4-2-1-3-5-8;;/h1-6H2,(H,9,10);;/q;+1;-1. The SMILES string of the molecule is O=C(O)CN1CCCCC1.[H-].[Na+]. The average Bonchev–Trinajstić information content (AvgIpc) is 1.88. The number of nitrogens with zero attached hydrogens (tertiary/aromatic N) is 1. The van der Waals surface area contributed by atoms with Gasteiger partial charge in [-0.2, -0.15) is 0 Å². The minimum absolute atomic E-state index is 0. The molecule has 0 aromatic heterocycles. The van der Waals surface area contributed by atoms with E-state index >= 15 is 0 Å². The minimum Gasteiger partial charge on any atom is -1.00 e. The van der Waals surface area contributed by atoms with E-state index in [9.17, 15) is 4.79 Å². The Kier molecular flexibility index (Phi) is 6.24. The van der Waals surface area contributed by atoms with Crippen LogP contribution in [0.1, 0.15) is 20.7 Å². The van der Waals surface area contributed by atoms with Crippen LogP contribution in [0.25, 0.3) is 0 Å². The quantitative estimate of drug-likeness (QED) is 0.469. The number of carbonyl (C=O) groups is 1. The van der Waals surface area contributed by atoms with Crippen LogP contribution in [-0.4, -0.2) is 35.6 Å². The van der Waals surface area contributed by atoms with Crippen LogP contribution in [0, 0.1) is 0 Å². The van der Waals surface area contributed by atoms with E-state index in [-0.39, 0.29) is 37.5 Å². The monoisotopic (exact) mass is 167 g/mol. The summed E-state index contributed by atoms with van der Waals surface area (Å²) in [5.74, 6) is -0.707. The Bertz CT molecular complexity index is 129. The molecule has 1 saturated heterocycles. The van der Waals surface area contributed by atoms with Gasteiger partial charge in [-0.05, 0) is 25.9 Å². The first-order valence-electron chi connectivity index (χ1n) is 3.73. The smallest absolute Gasteiger partial charge is 1.00 e. The van der Waals surface area contributed by atoms with Gasteiger partial charge in [-0.1, -0.05) is 6.42 Å². The van der Waals surface area contributed by atoms with E-state index in [1.54, 1.807) is 0 Å². The topological polar surface area (TPSA) is 40.5 Å². The fourth-order valence-corrected chi connectivity index (χ4v) is 1.31. The van der Waals surface area contributed by atoms with Gasteiger partial charge in [-0.25, -0.2) is 0 Å². The zero-order chi connectivity index (χ0) is 7.40. The van der Waals surface area contributed by atoms with Gasteiger partial charge >= 0.3 is 35.5 Å². The molecule has 0 aliphatic carbocycles. The number of carboxylic acid groups (broad SMARTS) is 1. The molecule has 0 unspecified atom stereocenters. The number of rotatable bonds is 2. The van der Waals surface area contributed by atoms with Crippen molar-refractivity contribution in [1.82, 2.24) is 4.90 Å². The number of aliphatic carboxylic acids is 1. The maximum Gasteiger partial charge on any atom is 1.00 e. The van der Waals surface area contributed by atoms with Crippen LogP contribution >= 0.6 is 0 Å². The Morgan fingerprint density at radius 3 is 2.36 bits per heavy atom. The summed E-state index contributed by atoms with van der Waals surface area (Å²) in [5, 5.41) is 8.42. The van der Waals surface area contributed by atoms with Gasteiger partial charge in [-0.3, -0.25) is 9.69 Å². The molecule has 11 heavy (non-hydrogen) atoms. The average molecular weight is 167 g/mol. The van der Waals surface area contributed by atoms with Gasteiger partial charge in [0.1, 0.15) is 0 Å². The van der Waals surface area contributed by atoms with Gasteiger partial charge < -0.3 is 6.53 Å². The van der Waals surface area contributed by atoms with Crippen molar-refractivity contribution in [2.24, 2.45) is 0 Å². The van der Waals surface area contributed by atoms with Crippen molar-refractivity contribution in [3.05, 3.63) is 0 Å². The molecular formula is C7H14NNaO2. The Morgan fingerprint density at radius 1 is 1.36 bits per heavy atom. The summed E-state index contributed by atoms with van der Waals surface area (Å²) >= 11 is 0. The Hall–Kier alpha value is 0.430. The van der Waals surface area contributed by atoms with Gasteiger partial charge in [0.05, 0.1) is 6.54 Å². The molecule has 1 rings (SSSR count). The van der Waals surface area contributed by atoms with E-state index < -0.39 is 5.97 Å². The number of carboxylic acids is 1. The maximum atomic E-state index is 10.2. The van der Waals surface area contributed by atoms with Gasteiger partial charge in [0, 0.05) is 0 Å². The zero-order valence-electron chi connectivity index (χ0n) is 8.05. The molecule has 0 amide bonds. The summed E-state index contributed by atoms with van der Waals surface area (Å²) in [6.45, 7) is 2.15. The largest absolute Gasteiger partial charge is 1.00 e. The molecule has 0 radical (unpaired) electrons. The van der Waals surface area contributed by atoms with Gasteiger partial charge in [0.25, 0.3) is 0 Å². The van der Waals surface area contributed by atoms with E-state index in [4.69, 9.17) is 5.11 Å². The number of hydrogen-bond donors (Lipinski definition) is 1. The summed E-state index contributed by atoms with van der Waals surface area (Å²) in [6, 6.07) is 0. The van der Waals surface area contributed by atoms with E-state index in [1.807, 2.05) is 4.90 Å². The molecule has 0 aromatic rings. The fraction of sp³-hybridized carbons (Fsp3) is 0.857. The predicted octanol–water partition coefficient (Wildman–Crippen LogP) is -2.33. The predicted molar refractivity (Wildman–Crippen MR) is 39.0 cm³/mol. The van der Waals surface area contributed by atoms with E-state index in [0.29, 0.717) is 0 Å². The molecule has 0 aromatic carbocycles. The summed E-state index contributed by atoms with van der Waals surface area (Å²) in [7, 11) is 0. The molecule has 1 N–H and O–H groups in total. The van der Waals surface area contributed by atoms with Crippen LogP contribution in [0.2, 0.25) is 0 Å². The Balaban J connectivity index is 0. The van der Waals surface area contributed by atoms with Crippen LogP contribution < -0.4 is 29.6 Å². The van der Waals surface area contributed by atoms with Gasteiger partial charge in [0.2, 0.25) is 0 Å². The summed E-state index contributed by atoms with van der Waals surface area (Å²) in [5.41, 5.74) is 0. The molecule has 0 saturated carbocycles. The molecule has 1 aliphatic heterocycles. The van der Waals surface area contributed by atoms with Crippen molar-refractivity contribution < 1.29 is 40.9 Å². The van der Waals surface area contributed by atoms with Crippen molar-refractivity contribution in [2.45, 2.75) is 19.3 Å². The van der Waals surface area contributed by atoms with Crippen LogP contribution in [0.4, 0.5) is 0 Å². The molecule has 3 nitrogen and oxygen atoms in total. The molecule has 1 heterocycles. The molecule has 0 atom stereocenters. The van der Waals surface area contributed by atoms with E-state index in [0.717, 1.165) is 25.9 Å². The molecule has 60 valence electrons. The molecular weight excluding hydrogens is 153 g/mol. The van der Waals surface area contributed by atoms with Crippen LogP contribution in [0.15, 0.2) is 0 Å².